The number of benzene rings is 1. The first-order valence-corrected chi connectivity index (χ1v) is 7.93. The first-order valence-electron chi connectivity index (χ1n) is 7.93. The summed E-state index contributed by atoms with van der Waals surface area (Å²) in [7, 11) is 0. The molecule has 1 amide bonds. The number of primary amides is 1. The minimum Gasteiger partial charge on any atom is -0.368 e. The second-order valence-corrected chi connectivity index (χ2v) is 5.44. The Morgan fingerprint density at radius 3 is 2.14 bits per heavy atom. The lowest BCUT2D eigenvalue weighted by Crippen LogP contribution is -2.59. The summed E-state index contributed by atoms with van der Waals surface area (Å²) in [5.74, 6) is -0.312. The van der Waals surface area contributed by atoms with E-state index in [0.29, 0.717) is 13.1 Å². The van der Waals surface area contributed by atoms with Crippen LogP contribution in [0.15, 0.2) is 30.3 Å². The number of hydrogen-bond acceptors (Lipinski definition) is 3. The molecule has 1 aromatic carbocycles. The molecule has 21 heavy (non-hydrogen) atoms. The van der Waals surface area contributed by atoms with Crippen LogP contribution in [0.5, 0.6) is 0 Å². The summed E-state index contributed by atoms with van der Waals surface area (Å²) in [5.41, 5.74) is 5.92. The Labute approximate surface area is 128 Å². The van der Waals surface area contributed by atoms with Crippen LogP contribution in [-0.4, -0.2) is 37.0 Å². The number of nitrogens with one attached hydrogen (secondary N) is 1. The first-order chi connectivity index (χ1) is 10.1. The molecule has 0 bridgehead atoms. The highest BCUT2D eigenvalue weighted by molar-refractivity contribution is 5.86. The molecule has 0 saturated heterocycles. The molecule has 118 valence electrons. The summed E-state index contributed by atoms with van der Waals surface area (Å²) in [6.07, 6.45) is 2.13. The highest BCUT2D eigenvalue weighted by Crippen LogP contribution is 2.23. The van der Waals surface area contributed by atoms with Crippen LogP contribution in [0.3, 0.4) is 0 Å². The Hall–Kier alpha value is -1.39. The van der Waals surface area contributed by atoms with Gasteiger partial charge in [0.2, 0.25) is 5.91 Å². The number of carbonyl (C=O) groups is 1. The molecule has 1 atom stereocenters. The smallest absolute Gasteiger partial charge is 0.243 e. The molecule has 0 aliphatic heterocycles. The molecule has 0 saturated carbocycles. The van der Waals surface area contributed by atoms with Crippen molar-refractivity contribution in [2.45, 2.75) is 39.2 Å². The van der Waals surface area contributed by atoms with E-state index in [1.165, 1.54) is 0 Å². The quantitative estimate of drug-likeness (QED) is 0.694. The van der Waals surface area contributed by atoms with Crippen LogP contribution in [0.2, 0.25) is 0 Å². The standard InChI is InChI=1S/C17H29N3O/c1-4-12-20(13-5-2)14-17(16(18)21,19-6-3)15-10-8-7-9-11-15/h7-11,19H,4-6,12-14H2,1-3H3,(H2,18,21). The second kappa shape index (κ2) is 8.80. The van der Waals surface area contributed by atoms with E-state index in [9.17, 15) is 4.79 Å². The molecule has 3 N–H and O–H groups in total. The molecule has 1 unspecified atom stereocenters. The molecular formula is C17H29N3O. The maximum Gasteiger partial charge on any atom is 0.243 e. The van der Waals surface area contributed by atoms with Crippen LogP contribution in [0, 0.1) is 0 Å². The van der Waals surface area contributed by atoms with E-state index in [2.05, 4.69) is 24.1 Å². The summed E-state index contributed by atoms with van der Waals surface area (Å²) in [6.45, 7) is 9.58. The fourth-order valence-corrected chi connectivity index (χ4v) is 2.82. The van der Waals surface area contributed by atoms with Gasteiger partial charge in [-0.1, -0.05) is 51.1 Å². The Morgan fingerprint density at radius 1 is 1.14 bits per heavy atom. The maximum atomic E-state index is 12.3. The van der Waals surface area contributed by atoms with Gasteiger partial charge in [0.1, 0.15) is 5.54 Å². The van der Waals surface area contributed by atoms with Crippen LogP contribution in [0.25, 0.3) is 0 Å². The molecule has 1 rings (SSSR count). The molecule has 0 spiro atoms. The van der Waals surface area contributed by atoms with Crippen molar-refractivity contribution in [2.24, 2.45) is 5.73 Å². The molecule has 0 heterocycles. The van der Waals surface area contributed by atoms with E-state index < -0.39 is 5.54 Å². The number of likely N-dealkylation sites (N-methyl/N-ethyl adjacent to an activating group) is 1. The lowest BCUT2D eigenvalue weighted by molar-refractivity contribution is -0.125. The van der Waals surface area contributed by atoms with Crippen molar-refractivity contribution >= 4 is 5.91 Å². The lowest BCUT2D eigenvalue weighted by atomic mass is 9.88. The van der Waals surface area contributed by atoms with Gasteiger partial charge in [0.25, 0.3) is 0 Å². The molecule has 0 aromatic heterocycles. The third kappa shape index (κ3) is 4.55. The number of hydrogen-bond donors (Lipinski definition) is 2. The minimum absolute atomic E-state index is 0.312. The third-order valence-electron chi connectivity index (χ3n) is 3.71. The molecule has 4 heteroatoms. The number of rotatable bonds is 10. The van der Waals surface area contributed by atoms with E-state index in [-0.39, 0.29) is 5.91 Å². The fraction of sp³-hybridized carbons (Fsp3) is 0.588. The van der Waals surface area contributed by atoms with Gasteiger partial charge in [-0.2, -0.15) is 0 Å². The van der Waals surface area contributed by atoms with E-state index in [1.54, 1.807) is 0 Å². The van der Waals surface area contributed by atoms with Gasteiger partial charge in [-0.25, -0.2) is 0 Å². The van der Waals surface area contributed by atoms with Crippen molar-refractivity contribution in [1.82, 2.24) is 10.2 Å². The van der Waals surface area contributed by atoms with Gasteiger partial charge in [0, 0.05) is 6.54 Å². The van der Waals surface area contributed by atoms with Crippen molar-refractivity contribution in [3.8, 4) is 0 Å². The Balaban J connectivity index is 3.14. The van der Waals surface area contributed by atoms with E-state index >= 15 is 0 Å². The number of carbonyl (C=O) groups excluding carboxylic acids is 1. The van der Waals surface area contributed by atoms with Gasteiger partial charge >= 0.3 is 0 Å². The van der Waals surface area contributed by atoms with Gasteiger partial charge < -0.3 is 10.6 Å². The first kappa shape index (κ1) is 17.7. The highest BCUT2D eigenvalue weighted by Gasteiger charge is 2.39. The zero-order chi connectivity index (χ0) is 15.7. The zero-order valence-corrected chi connectivity index (χ0v) is 13.6. The van der Waals surface area contributed by atoms with E-state index in [0.717, 1.165) is 31.5 Å². The molecular weight excluding hydrogens is 262 g/mol. The predicted molar refractivity (Wildman–Crippen MR) is 88.0 cm³/mol. The largest absolute Gasteiger partial charge is 0.368 e. The average Bonchev–Trinajstić information content (AvgIpc) is 2.48. The molecule has 4 nitrogen and oxygen atoms in total. The maximum absolute atomic E-state index is 12.3. The zero-order valence-electron chi connectivity index (χ0n) is 13.6. The van der Waals surface area contributed by atoms with Crippen molar-refractivity contribution in [2.75, 3.05) is 26.2 Å². The van der Waals surface area contributed by atoms with Gasteiger partial charge in [-0.05, 0) is 38.0 Å². The SMILES string of the molecule is CCCN(CCC)CC(NCC)(C(N)=O)c1ccccc1. The number of amides is 1. The molecule has 0 fully saturated rings. The summed E-state index contributed by atoms with van der Waals surface area (Å²) in [4.78, 5) is 14.6. The van der Waals surface area contributed by atoms with Crippen LogP contribution >= 0.6 is 0 Å². The van der Waals surface area contributed by atoms with Crippen molar-refractivity contribution < 1.29 is 4.79 Å². The highest BCUT2D eigenvalue weighted by atomic mass is 16.1. The summed E-state index contributed by atoms with van der Waals surface area (Å²) >= 11 is 0. The van der Waals surface area contributed by atoms with E-state index in [4.69, 9.17) is 5.73 Å². The van der Waals surface area contributed by atoms with Crippen LogP contribution < -0.4 is 11.1 Å². The summed E-state index contributed by atoms with van der Waals surface area (Å²) < 4.78 is 0. The minimum atomic E-state index is -0.819. The van der Waals surface area contributed by atoms with Gasteiger partial charge in [0.05, 0.1) is 0 Å². The van der Waals surface area contributed by atoms with Crippen LogP contribution in [-0.2, 0) is 10.3 Å². The molecule has 1 aromatic rings. The Morgan fingerprint density at radius 2 is 1.71 bits per heavy atom. The van der Waals surface area contributed by atoms with Crippen molar-refractivity contribution in [3.05, 3.63) is 35.9 Å². The molecule has 0 aliphatic rings. The predicted octanol–water partition coefficient (Wildman–Crippen LogP) is 2.10. The number of nitrogens with two attached hydrogens (primary N) is 1. The second-order valence-electron chi connectivity index (χ2n) is 5.44. The van der Waals surface area contributed by atoms with Gasteiger partial charge in [0.15, 0.2) is 0 Å². The molecule has 0 aliphatic carbocycles. The topological polar surface area (TPSA) is 58.4 Å². The van der Waals surface area contributed by atoms with Gasteiger partial charge in [-0.3, -0.25) is 10.1 Å². The monoisotopic (exact) mass is 291 g/mol. The van der Waals surface area contributed by atoms with Crippen LogP contribution in [0.1, 0.15) is 39.2 Å². The van der Waals surface area contributed by atoms with Gasteiger partial charge in [-0.15, -0.1) is 0 Å². The lowest BCUT2D eigenvalue weighted by Gasteiger charge is -2.37. The van der Waals surface area contributed by atoms with E-state index in [1.807, 2.05) is 37.3 Å². The van der Waals surface area contributed by atoms with Crippen molar-refractivity contribution in [3.63, 3.8) is 0 Å². The third-order valence-corrected chi connectivity index (χ3v) is 3.71. The molecule has 0 radical (unpaired) electrons. The summed E-state index contributed by atoms with van der Waals surface area (Å²) in [5, 5.41) is 3.34. The number of nitrogens with zero attached hydrogens (tertiary/aromatic N) is 1. The Bertz CT molecular complexity index is 415. The normalized spacial score (nSPS) is 14.1. The summed E-state index contributed by atoms with van der Waals surface area (Å²) in [6, 6.07) is 9.81. The van der Waals surface area contributed by atoms with Crippen molar-refractivity contribution in [1.29, 1.82) is 0 Å². The Kier molecular flexibility index (Phi) is 7.40. The average molecular weight is 291 g/mol. The van der Waals surface area contributed by atoms with Crippen LogP contribution in [0.4, 0.5) is 0 Å². The fourth-order valence-electron chi connectivity index (χ4n) is 2.82.